The molecule has 2 aromatic rings. The van der Waals surface area contributed by atoms with Crippen molar-refractivity contribution in [2.45, 2.75) is 44.5 Å². The van der Waals surface area contributed by atoms with Gasteiger partial charge in [-0.3, -0.25) is 9.78 Å². The number of nitrogens with one attached hydrogen (secondary N) is 1. The van der Waals surface area contributed by atoms with Crippen molar-refractivity contribution in [3.8, 4) is 5.75 Å². The molecule has 1 amide bonds. The maximum absolute atomic E-state index is 14.4. The molecule has 31 heavy (non-hydrogen) atoms. The zero-order valence-electron chi connectivity index (χ0n) is 17.7. The number of aliphatic hydroxyl groups excluding tert-OH is 2. The fraction of sp³-hybridized carbons (Fsp3) is 0.455. The van der Waals surface area contributed by atoms with Gasteiger partial charge in [0.05, 0.1) is 25.0 Å². The molecule has 3 N–H and O–H groups in total. The Balaban J connectivity index is 1.96. The number of anilines is 1. The summed E-state index contributed by atoms with van der Waals surface area (Å²) in [5, 5.41) is 21.6. The van der Waals surface area contributed by atoms with E-state index in [2.05, 4.69) is 10.3 Å². The Morgan fingerprint density at radius 2 is 2.06 bits per heavy atom. The van der Waals surface area contributed by atoms with Crippen molar-refractivity contribution in [1.82, 2.24) is 4.98 Å². The molecule has 1 fully saturated rings. The van der Waals surface area contributed by atoms with E-state index in [1.165, 1.54) is 31.5 Å². The highest BCUT2D eigenvalue weighted by molar-refractivity contribution is 5.95. The third kappa shape index (κ3) is 4.39. The molecule has 0 bridgehead atoms. The number of aromatic nitrogens is 1. The second-order valence-corrected chi connectivity index (χ2v) is 8.10. The Morgan fingerprint density at radius 3 is 2.71 bits per heavy atom. The van der Waals surface area contributed by atoms with Crippen LogP contribution in [0.25, 0.3) is 0 Å². The van der Waals surface area contributed by atoms with Gasteiger partial charge in [-0.2, -0.15) is 4.39 Å². The molecule has 1 aromatic carbocycles. The molecule has 1 aliphatic rings. The van der Waals surface area contributed by atoms with Crippen molar-refractivity contribution >= 4 is 11.6 Å². The van der Waals surface area contributed by atoms with Crippen LogP contribution in [0.2, 0.25) is 0 Å². The Labute approximate surface area is 179 Å². The quantitative estimate of drug-likeness (QED) is 0.644. The highest BCUT2D eigenvalue weighted by Crippen LogP contribution is 2.49. The van der Waals surface area contributed by atoms with E-state index in [1.807, 2.05) is 20.8 Å². The van der Waals surface area contributed by atoms with Gasteiger partial charge in [-0.25, -0.2) is 4.39 Å². The number of amides is 1. The first-order valence-corrected chi connectivity index (χ1v) is 9.86. The largest absolute Gasteiger partial charge is 0.493 e. The smallest absolute Gasteiger partial charge is 0.254 e. The monoisotopic (exact) mass is 436 g/mol. The third-order valence-corrected chi connectivity index (χ3v) is 5.86. The van der Waals surface area contributed by atoms with E-state index in [0.717, 1.165) is 6.07 Å². The lowest BCUT2D eigenvalue weighted by molar-refractivity contribution is -0.131. The summed E-state index contributed by atoms with van der Waals surface area (Å²) in [6, 6.07) is 5.38. The first-order chi connectivity index (χ1) is 14.6. The van der Waals surface area contributed by atoms with Crippen LogP contribution in [0.1, 0.15) is 44.1 Å². The number of hydrogen-bond donors (Lipinski definition) is 3. The molecule has 0 aliphatic carbocycles. The molecule has 1 aliphatic heterocycles. The highest BCUT2D eigenvalue weighted by Gasteiger charge is 2.51. The lowest BCUT2D eigenvalue weighted by Crippen LogP contribution is -2.33. The molecule has 0 saturated carbocycles. The number of hydrogen-bond acceptors (Lipinski definition) is 6. The average Bonchev–Trinajstić information content (AvgIpc) is 2.99. The van der Waals surface area contributed by atoms with Crippen molar-refractivity contribution in [3.63, 3.8) is 0 Å². The van der Waals surface area contributed by atoms with Gasteiger partial charge in [0.2, 0.25) is 5.82 Å². The van der Waals surface area contributed by atoms with Crippen LogP contribution in [-0.4, -0.2) is 46.5 Å². The van der Waals surface area contributed by atoms with Gasteiger partial charge in [-0.1, -0.05) is 13.0 Å². The summed E-state index contributed by atoms with van der Waals surface area (Å²) < 4.78 is 39.3. The summed E-state index contributed by atoms with van der Waals surface area (Å²) >= 11 is 0. The van der Waals surface area contributed by atoms with E-state index < -0.39 is 47.9 Å². The standard InChI is InChI=1S/C22H26F2N2O5/c1-11-17(13-5-6-14(23)18(24)19(13)30-4)20(31-22(11,2)3)21(29)26-12-7-8-25-15(9-12)16(28)10-27/h5-9,11,16-17,20,27-28H,10H2,1-4H3,(H,25,26,29)/t11-,16-,17+,20-/m0/s1. The number of ether oxygens (including phenoxy) is 2. The van der Waals surface area contributed by atoms with Crippen LogP contribution in [0, 0.1) is 17.6 Å². The first-order valence-electron chi connectivity index (χ1n) is 9.86. The van der Waals surface area contributed by atoms with Gasteiger partial charge in [0.1, 0.15) is 12.2 Å². The van der Waals surface area contributed by atoms with Crippen LogP contribution in [0.5, 0.6) is 5.75 Å². The van der Waals surface area contributed by atoms with Gasteiger partial charge in [-0.15, -0.1) is 0 Å². The van der Waals surface area contributed by atoms with Gasteiger partial charge in [0, 0.05) is 23.4 Å². The van der Waals surface area contributed by atoms with E-state index in [4.69, 9.17) is 14.6 Å². The van der Waals surface area contributed by atoms with Gasteiger partial charge in [0.15, 0.2) is 11.6 Å². The molecule has 4 atom stereocenters. The minimum atomic E-state index is -1.18. The SMILES string of the molecule is COc1c([C@@H]2[C@@H](C(=O)Nc3ccnc([C@@H](O)CO)c3)OC(C)(C)[C@H]2C)ccc(F)c1F. The maximum atomic E-state index is 14.4. The summed E-state index contributed by atoms with van der Waals surface area (Å²) in [4.78, 5) is 17.1. The minimum Gasteiger partial charge on any atom is -0.493 e. The van der Waals surface area contributed by atoms with Crippen LogP contribution < -0.4 is 10.1 Å². The normalized spacial score (nSPS) is 23.4. The zero-order valence-corrected chi connectivity index (χ0v) is 17.7. The highest BCUT2D eigenvalue weighted by atomic mass is 19.2. The molecule has 1 saturated heterocycles. The van der Waals surface area contributed by atoms with Gasteiger partial charge >= 0.3 is 0 Å². The van der Waals surface area contributed by atoms with Crippen molar-refractivity contribution in [3.05, 3.63) is 53.4 Å². The predicted octanol–water partition coefficient (Wildman–Crippen LogP) is 2.93. The summed E-state index contributed by atoms with van der Waals surface area (Å²) in [5.41, 5.74) is 0.157. The molecule has 1 aromatic heterocycles. The number of halogens is 2. The Hall–Kier alpha value is -2.62. The Kier molecular flexibility index (Phi) is 6.59. The van der Waals surface area contributed by atoms with E-state index in [-0.39, 0.29) is 17.4 Å². The van der Waals surface area contributed by atoms with Crippen LogP contribution in [0.3, 0.4) is 0 Å². The van der Waals surface area contributed by atoms with Gasteiger partial charge < -0.3 is 25.0 Å². The molecule has 168 valence electrons. The second-order valence-electron chi connectivity index (χ2n) is 8.10. The summed E-state index contributed by atoms with van der Waals surface area (Å²) in [6.45, 7) is 5.01. The lowest BCUT2D eigenvalue weighted by atomic mass is 9.78. The fourth-order valence-electron chi connectivity index (χ4n) is 3.88. The molecule has 3 rings (SSSR count). The van der Waals surface area contributed by atoms with E-state index >= 15 is 0 Å². The van der Waals surface area contributed by atoms with Crippen LogP contribution in [0.15, 0.2) is 30.5 Å². The number of benzene rings is 1. The van der Waals surface area contributed by atoms with Crippen molar-refractivity contribution in [2.24, 2.45) is 5.92 Å². The van der Waals surface area contributed by atoms with Crippen molar-refractivity contribution in [1.29, 1.82) is 0 Å². The number of nitrogens with zero attached hydrogens (tertiary/aromatic N) is 1. The summed E-state index contributed by atoms with van der Waals surface area (Å²) in [5.74, 6) is -3.75. The van der Waals surface area contributed by atoms with Gasteiger partial charge in [-0.05, 0) is 38.0 Å². The molecular formula is C22H26F2N2O5. The maximum Gasteiger partial charge on any atom is 0.254 e. The Bertz CT molecular complexity index is 969. The predicted molar refractivity (Wildman–Crippen MR) is 109 cm³/mol. The fourth-order valence-corrected chi connectivity index (χ4v) is 3.88. The minimum absolute atomic E-state index is 0.195. The Morgan fingerprint density at radius 1 is 1.35 bits per heavy atom. The lowest BCUT2D eigenvalue weighted by Gasteiger charge is -2.25. The zero-order chi connectivity index (χ0) is 22.9. The number of pyridine rings is 1. The molecule has 7 nitrogen and oxygen atoms in total. The molecule has 0 unspecified atom stereocenters. The van der Waals surface area contributed by atoms with Crippen molar-refractivity contribution < 1.29 is 33.3 Å². The second kappa shape index (κ2) is 8.86. The van der Waals surface area contributed by atoms with E-state index in [0.29, 0.717) is 11.3 Å². The number of carbonyl (C=O) groups is 1. The van der Waals surface area contributed by atoms with Crippen LogP contribution >= 0.6 is 0 Å². The third-order valence-electron chi connectivity index (χ3n) is 5.86. The van der Waals surface area contributed by atoms with Crippen LogP contribution in [0.4, 0.5) is 14.5 Å². The summed E-state index contributed by atoms with van der Waals surface area (Å²) in [6.07, 6.45) is -0.803. The van der Waals surface area contributed by atoms with Crippen molar-refractivity contribution in [2.75, 3.05) is 19.0 Å². The molecular weight excluding hydrogens is 410 g/mol. The molecule has 0 spiro atoms. The summed E-state index contributed by atoms with van der Waals surface area (Å²) in [7, 11) is 1.24. The first kappa shape index (κ1) is 23.1. The number of methoxy groups -OCH3 is 1. The van der Waals surface area contributed by atoms with Gasteiger partial charge in [0.25, 0.3) is 5.91 Å². The van der Waals surface area contributed by atoms with E-state index in [1.54, 1.807) is 0 Å². The number of aliphatic hydroxyl groups is 2. The molecule has 0 radical (unpaired) electrons. The number of carbonyl (C=O) groups excluding carboxylic acids is 1. The van der Waals surface area contributed by atoms with E-state index in [9.17, 15) is 18.7 Å². The topological polar surface area (TPSA) is 101 Å². The number of rotatable bonds is 6. The average molecular weight is 436 g/mol. The van der Waals surface area contributed by atoms with Crippen LogP contribution in [-0.2, 0) is 9.53 Å². The molecule has 9 heteroatoms. The molecule has 2 heterocycles.